The molecule has 5 nitrogen and oxygen atoms in total. The summed E-state index contributed by atoms with van der Waals surface area (Å²) in [4.78, 5) is 18.7. The molecule has 0 aromatic heterocycles. The molecule has 1 heterocycles. The number of amides is 1. The first-order chi connectivity index (χ1) is 12.6. The maximum absolute atomic E-state index is 11.8. The van der Waals surface area contributed by atoms with E-state index in [1.807, 2.05) is 33.0 Å². The standard InChI is InChI=1S/C21H32N4O.HI/c1-15(2)20(26)24-19-10-8-16(9-11-19)12-23-21(22-3)25-13-17-6-4-5-7-18(17)14-25;/h8-11,15,17-18H,4-7,12-14H2,1-3H3,(H,22,23)(H,24,26);1H. The first kappa shape index (κ1) is 22.0. The number of anilines is 1. The van der Waals surface area contributed by atoms with Gasteiger partial charge in [-0.1, -0.05) is 38.8 Å². The highest BCUT2D eigenvalue weighted by atomic mass is 127. The molecule has 0 radical (unpaired) electrons. The molecule has 2 aliphatic rings. The van der Waals surface area contributed by atoms with Crippen molar-refractivity contribution in [2.75, 3.05) is 25.5 Å². The van der Waals surface area contributed by atoms with E-state index in [1.54, 1.807) is 0 Å². The highest BCUT2D eigenvalue weighted by Gasteiger charge is 2.35. The van der Waals surface area contributed by atoms with Gasteiger partial charge in [-0.2, -0.15) is 0 Å². The molecule has 1 aromatic carbocycles. The molecule has 1 aliphatic heterocycles. The van der Waals surface area contributed by atoms with E-state index in [2.05, 4.69) is 32.7 Å². The predicted molar refractivity (Wildman–Crippen MR) is 123 cm³/mol. The lowest BCUT2D eigenvalue weighted by molar-refractivity contribution is -0.118. The molecule has 0 spiro atoms. The molecule has 1 saturated heterocycles. The maximum atomic E-state index is 11.8. The Balaban J connectivity index is 0.00000261. The molecule has 0 bridgehead atoms. The monoisotopic (exact) mass is 484 g/mol. The molecule has 3 rings (SSSR count). The van der Waals surface area contributed by atoms with Crippen molar-refractivity contribution in [2.45, 2.75) is 46.1 Å². The Bertz CT molecular complexity index is 630. The van der Waals surface area contributed by atoms with Gasteiger partial charge in [-0.3, -0.25) is 9.79 Å². The van der Waals surface area contributed by atoms with Crippen LogP contribution in [-0.4, -0.2) is 36.9 Å². The van der Waals surface area contributed by atoms with Crippen molar-refractivity contribution in [2.24, 2.45) is 22.7 Å². The van der Waals surface area contributed by atoms with E-state index >= 15 is 0 Å². The average Bonchev–Trinajstić information content (AvgIpc) is 3.07. The van der Waals surface area contributed by atoms with Crippen LogP contribution in [0.2, 0.25) is 0 Å². The minimum atomic E-state index is -0.0104. The van der Waals surface area contributed by atoms with Crippen molar-refractivity contribution in [1.29, 1.82) is 0 Å². The predicted octanol–water partition coefficient (Wildman–Crippen LogP) is 4.10. The molecule has 1 saturated carbocycles. The van der Waals surface area contributed by atoms with Crippen LogP contribution in [-0.2, 0) is 11.3 Å². The van der Waals surface area contributed by atoms with Crippen LogP contribution in [0.3, 0.4) is 0 Å². The first-order valence-corrected chi connectivity index (χ1v) is 9.92. The number of nitrogens with zero attached hydrogens (tertiary/aromatic N) is 2. The quantitative estimate of drug-likeness (QED) is 0.385. The molecule has 2 N–H and O–H groups in total. The fraction of sp³-hybridized carbons (Fsp3) is 0.619. The number of halogens is 1. The van der Waals surface area contributed by atoms with Crippen molar-refractivity contribution in [1.82, 2.24) is 10.2 Å². The van der Waals surface area contributed by atoms with Gasteiger partial charge in [0.15, 0.2) is 5.96 Å². The maximum Gasteiger partial charge on any atom is 0.226 e. The number of carbonyl (C=O) groups is 1. The lowest BCUT2D eigenvalue weighted by atomic mass is 9.82. The molecule has 1 aliphatic carbocycles. The Morgan fingerprint density at radius 3 is 2.26 bits per heavy atom. The summed E-state index contributed by atoms with van der Waals surface area (Å²) < 4.78 is 0. The van der Waals surface area contributed by atoms with Crippen LogP contribution >= 0.6 is 24.0 Å². The Labute approximate surface area is 180 Å². The number of benzene rings is 1. The van der Waals surface area contributed by atoms with Gasteiger partial charge in [0.25, 0.3) is 0 Å². The Hall–Kier alpha value is -1.31. The summed E-state index contributed by atoms with van der Waals surface area (Å²) in [6.07, 6.45) is 5.53. The number of fused-ring (bicyclic) bond motifs is 1. The number of rotatable bonds is 4. The highest BCUT2D eigenvalue weighted by Crippen LogP contribution is 2.35. The second-order valence-corrected chi connectivity index (χ2v) is 7.95. The second-order valence-electron chi connectivity index (χ2n) is 7.95. The molecule has 6 heteroatoms. The summed E-state index contributed by atoms with van der Waals surface area (Å²) in [5, 5.41) is 6.43. The molecule has 2 fully saturated rings. The van der Waals surface area contributed by atoms with Gasteiger partial charge in [-0.05, 0) is 42.4 Å². The minimum Gasteiger partial charge on any atom is -0.352 e. The zero-order valence-electron chi connectivity index (χ0n) is 16.7. The molecule has 2 atom stereocenters. The van der Waals surface area contributed by atoms with E-state index in [-0.39, 0.29) is 35.8 Å². The SMILES string of the molecule is CN=C(NCc1ccc(NC(=O)C(C)C)cc1)N1CC2CCCCC2C1.I. The van der Waals surface area contributed by atoms with Crippen molar-refractivity contribution in [3.05, 3.63) is 29.8 Å². The smallest absolute Gasteiger partial charge is 0.226 e. The van der Waals surface area contributed by atoms with Crippen molar-refractivity contribution in [3.63, 3.8) is 0 Å². The van der Waals surface area contributed by atoms with Gasteiger partial charge < -0.3 is 15.5 Å². The van der Waals surface area contributed by atoms with E-state index < -0.39 is 0 Å². The number of likely N-dealkylation sites (tertiary alicyclic amines) is 1. The van der Waals surface area contributed by atoms with Crippen LogP contribution in [0.1, 0.15) is 45.1 Å². The molecule has 150 valence electrons. The zero-order valence-corrected chi connectivity index (χ0v) is 19.0. The summed E-state index contributed by atoms with van der Waals surface area (Å²) in [5.41, 5.74) is 2.03. The molecule has 2 unspecified atom stereocenters. The van der Waals surface area contributed by atoms with Crippen LogP contribution in [0.4, 0.5) is 5.69 Å². The molecule has 1 amide bonds. The van der Waals surface area contributed by atoms with Gasteiger partial charge in [0.05, 0.1) is 0 Å². The van der Waals surface area contributed by atoms with Gasteiger partial charge in [0.1, 0.15) is 0 Å². The largest absolute Gasteiger partial charge is 0.352 e. The molecular formula is C21H33IN4O. The normalized spacial score (nSPS) is 22.2. The summed E-state index contributed by atoms with van der Waals surface area (Å²) in [6, 6.07) is 8.04. The second kappa shape index (κ2) is 10.3. The Morgan fingerprint density at radius 2 is 1.74 bits per heavy atom. The highest BCUT2D eigenvalue weighted by molar-refractivity contribution is 14.0. The van der Waals surface area contributed by atoms with Gasteiger partial charge in [-0.15, -0.1) is 24.0 Å². The summed E-state index contributed by atoms with van der Waals surface area (Å²) >= 11 is 0. The van der Waals surface area contributed by atoms with E-state index in [0.717, 1.165) is 43.1 Å². The van der Waals surface area contributed by atoms with Crippen LogP contribution in [0.15, 0.2) is 29.3 Å². The number of carbonyl (C=O) groups excluding carboxylic acids is 1. The van der Waals surface area contributed by atoms with Crippen molar-refractivity contribution in [3.8, 4) is 0 Å². The van der Waals surface area contributed by atoms with E-state index in [9.17, 15) is 4.79 Å². The number of nitrogens with one attached hydrogen (secondary N) is 2. The topological polar surface area (TPSA) is 56.7 Å². The third-order valence-electron chi connectivity index (χ3n) is 5.68. The van der Waals surface area contributed by atoms with E-state index in [4.69, 9.17) is 0 Å². The fourth-order valence-electron chi connectivity index (χ4n) is 4.08. The first-order valence-electron chi connectivity index (χ1n) is 9.92. The molecule has 1 aromatic rings. The number of hydrogen-bond acceptors (Lipinski definition) is 2. The minimum absolute atomic E-state index is 0. The fourth-order valence-corrected chi connectivity index (χ4v) is 4.08. The molecule has 27 heavy (non-hydrogen) atoms. The average molecular weight is 484 g/mol. The summed E-state index contributed by atoms with van der Waals surface area (Å²) in [6.45, 7) is 6.83. The Kier molecular flexibility index (Phi) is 8.38. The van der Waals surface area contributed by atoms with Gasteiger partial charge in [0, 0.05) is 38.3 Å². The van der Waals surface area contributed by atoms with Crippen molar-refractivity contribution >= 4 is 41.5 Å². The third kappa shape index (κ3) is 5.83. The number of aliphatic imine (C=N–C) groups is 1. The van der Waals surface area contributed by atoms with Crippen LogP contribution < -0.4 is 10.6 Å². The van der Waals surface area contributed by atoms with Crippen LogP contribution in [0.25, 0.3) is 0 Å². The van der Waals surface area contributed by atoms with Crippen molar-refractivity contribution < 1.29 is 4.79 Å². The van der Waals surface area contributed by atoms with Crippen LogP contribution in [0, 0.1) is 17.8 Å². The molecular weight excluding hydrogens is 451 g/mol. The van der Waals surface area contributed by atoms with Crippen LogP contribution in [0.5, 0.6) is 0 Å². The van der Waals surface area contributed by atoms with Gasteiger partial charge >= 0.3 is 0 Å². The van der Waals surface area contributed by atoms with E-state index in [1.165, 1.54) is 31.2 Å². The summed E-state index contributed by atoms with van der Waals surface area (Å²) in [5.74, 6) is 2.75. The van der Waals surface area contributed by atoms with Gasteiger partial charge in [0.2, 0.25) is 5.91 Å². The van der Waals surface area contributed by atoms with Gasteiger partial charge in [-0.25, -0.2) is 0 Å². The zero-order chi connectivity index (χ0) is 18.5. The lowest BCUT2D eigenvalue weighted by Crippen LogP contribution is -2.39. The Morgan fingerprint density at radius 1 is 1.15 bits per heavy atom. The summed E-state index contributed by atoms with van der Waals surface area (Å²) in [7, 11) is 1.87. The number of hydrogen-bond donors (Lipinski definition) is 2. The van der Waals surface area contributed by atoms with E-state index in [0.29, 0.717) is 0 Å². The lowest BCUT2D eigenvalue weighted by Gasteiger charge is -2.22. The number of guanidine groups is 1. The third-order valence-corrected chi connectivity index (χ3v) is 5.68.